The molecule has 1 aromatic carbocycles. The van der Waals surface area contributed by atoms with Crippen LogP contribution in [0.15, 0.2) is 23.3 Å². The summed E-state index contributed by atoms with van der Waals surface area (Å²) in [5, 5.41) is 14.8. The molecule has 0 saturated carbocycles. The highest BCUT2D eigenvalue weighted by Crippen LogP contribution is 2.39. The van der Waals surface area contributed by atoms with E-state index >= 15 is 0 Å². The monoisotopic (exact) mass is 587 g/mol. The predicted molar refractivity (Wildman–Crippen MR) is 151 cm³/mol. The summed E-state index contributed by atoms with van der Waals surface area (Å²) in [6.07, 6.45) is 7.47. The van der Waals surface area contributed by atoms with E-state index in [0.29, 0.717) is 36.5 Å². The SMILES string of the molecule is C#CC(C)Oc1cc(N2C(=O)C3=C(CCCC3)C2=O)c(F)cc1Cl.CCNc1nc(Cl)nc(NC(C)(C)C#N)n1. The third-order valence-electron chi connectivity index (χ3n) is 5.82. The van der Waals surface area contributed by atoms with E-state index in [1.54, 1.807) is 20.8 Å². The zero-order chi connectivity index (χ0) is 29.6. The highest BCUT2D eigenvalue weighted by Gasteiger charge is 2.41. The summed E-state index contributed by atoms with van der Waals surface area (Å²) in [4.78, 5) is 37.8. The maximum atomic E-state index is 14.4. The van der Waals surface area contributed by atoms with E-state index < -0.39 is 29.3 Å². The number of nitriles is 1. The summed E-state index contributed by atoms with van der Waals surface area (Å²) < 4.78 is 19.8. The van der Waals surface area contributed by atoms with Gasteiger partial charge in [-0.15, -0.1) is 6.42 Å². The Morgan fingerprint density at radius 2 is 1.75 bits per heavy atom. The molecule has 1 atom stereocenters. The van der Waals surface area contributed by atoms with Crippen molar-refractivity contribution in [3.63, 3.8) is 0 Å². The number of benzene rings is 1. The number of anilines is 3. The van der Waals surface area contributed by atoms with E-state index in [1.807, 2.05) is 6.92 Å². The van der Waals surface area contributed by atoms with Crippen LogP contribution in [0.5, 0.6) is 5.75 Å². The number of carbonyl (C=O) groups is 2. The molecule has 4 rings (SSSR count). The van der Waals surface area contributed by atoms with Gasteiger partial charge in [-0.25, -0.2) is 9.29 Å². The largest absolute Gasteiger partial charge is 0.476 e. The van der Waals surface area contributed by atoms with Crippen molar-refractivity contribution in [1.82, 2.24) is 15.0 Å². The summed E-state index contributed by atoms with van der Waals surface area (Å²) in [6.45, 7) is 7.67. The third kappa shape index (κ3) is 7.17. The van der Waals surface area contributed by atoms with Gasteiger partial charge in [-0.2, -0.15) is 20.2 Å². The first kappa shape index (κ1) is 30.6. The maximum Gasteiger partial charge on any atom is 0.261 e. The van der Waals surface area contributed by atoms with Gasteiger partial charge in [0.1, 0.15) is 17.1 Å². The quantitative estimate of drug-likeness (QED) is 0.327. The average Bonchev–Trinajstić information content (AvgIpc) is 3.15. The van der Waals surface area contributed by atoms with E-state index in [-0.39, 0.29) is 27.7 Å². The van der Waals surface area contributed by atoms with Crippen LogP contribution < -0.4 is 20.3 Å². The zero-order valence-corrected chi connectivity index (χ0v) is 24.0. The standard InChI is InChI=1S/C18H15ClFNO3.C9H13ClN6/c1-3-10(2)24-16-9-15(14(20)8-13(16)19)21-17(22)11-6-4-5-7-12(11)18(21)23;1-4-12-7-13-6(10)14-8(15-7)16-9(2,3)5-11/h1,8-10H,4-7H2,2H3;4H2,1-3H3,(H2,12,13,14,15,16). The van der Waals surface area contributed by atoms with Crippen molar-refractivity contribution in [3.05, 3.63) is 39.4 Å². The van der Waals surface area contributed by atoms with E-state index in [4.69, 9.17) is 39.6 Å². The number of halogens is 3. The van der Waals surface area contributed by atoms with Crippen LogP contribution in [0.3, 0.4) is 0 Å². The van der Waals surface area contributed by atoms with Gasteiger partial charge in [0, 0.05) is 23.8 Å². The highest BCUT2D eigenvalue weighted by molar-refractivity contribution is 6.34. The fourth-order valence-electron chi connectivity index (χ4n) is 3.91. The van der Waals surface area contributed by atoms with Gasteiger partial charge in [-0.3, -0.25) is 9.59 Å². The summed E-state index contributed by atoms with van der Waals surface area (Å²) >= 11 is 11.7. The van der Waals surface area contributed by atoms with Crippen LogP contribution >= 0.6 is 23.2 Å². The molecule has 0 spiro atoms. The molecular weight excluding hydrogens is 560 g/mol. The van der Waals surface area contributed by atoms with E-state index in [0.717, 1.165) is 23.8 Å². The van der Waals surface area contributed by atoms with Gasteiger partial charge < -0.3 is 15.4 Å². The minimum atomic E-state index is -0.762. The predicted octanol–water partition coefficient (Wildman–Crippen LogP) is 5.29. The summed E-state index contributed by atoms with van der Waals surface area (Å²) in [6, 6.07) is 4.36. The topological polar surface area (TPSA) is 133 Å². The summed E-state index contributed by atoms with van der Waals surface area (Å²) in [5.41, 5.74) is 0.0527. The van der Waals surface area contributed by atoms with Crippen LogP contribution in [0, 0.1) is 29.5 Å². The van der Waals surface area contributed by atoms with E-state index in [1.165, 1.54) is 6.07 Å². The molecule has 2 aromatic rings. The Hall–Kier alpha value is -3.93. The lowest BCUT2D eigenvalue weighted by Crippen LogP contribution is -2.32. The number of hydrogen-bond acceptors (Lipinski definition) is 9. The molecule has 210 valence electrons. The van der Waals surface area contributed by atoms with Crippen molar-refractivity contribution in [1.29, 1.82) is 5.26 Å². The van der Waals surface area contributed by atoms with Crippen molar-refractivity contribution < 1.29 is 18.7 Å². The van der Waals surface area contributed by atoms with Crippen LogP contribution in [0.1, 0.15) is 53.4 Å². The van der Waals surface area contributed by atoms with Crippen LogP contribution in [-0.4, -0.2) is 45.0 Å². The first-order chi connectivity index (χ1) is 18.9. The van der Waals surface area contributed by atoms with Crippen molar-refractivity contribution in [2.75, 3.05) is 22.1 Å². The Labute approximate surface area is 241 Å². The molecule has 2 N–H and O–H groups in total. The third-order valence-corrected chi connectivity index (χ3v) is 6.28. The van der Waals surface area contributed by atoms with Crippen LogP contribution in [0.25, 0.3) is 0 Å². The van der Waals surface area contributed by atoms with E-state index in [9.17, 15) is 14.0 Å². The van der Waals surface area contributed by atoms with Crippen molar-refractivity contribution in [2.24, 2.45) is 0 Å². The van der Waals surface area contributed by atoms with Gasteiger partial charge in [0.2, 0.25) is 17.2 Å². The minimum absolute atomic E-state index is 0.0233. The molecular formula is C27H28Cl2FN7O3. The Bertz CT molecular complexity index is 1400. The molecule has 1 aliphatic carbocycles. The fraction of sp³-hybridized carbons (Fsp3) is 0.407. The summed E-state index contributed by atoms with van der Waals surface area (Å²) in [5.74, 6) is 1.48. The number of hydrogen-bond donors (Lipinski definition) is 2. The zero-order valence-electron chi connectivity index (χ0n) is 22.4. The van der Waals surface area contributed by atoms with Crippen molar-refractivity contribution in [3.8, 4) is 24.2 Å². The minimum Gasteiger partial charge on any atom is -0.476 e. The number of nitrogens with one attached hydrogen (secondary N) is 2. The second kappa shape index (κ2) is 12.9. The molecule has 1 aliphatic heterocycles. The fourth-order valence-corrected chi connectivity index (χ4v) is 4.27. The summed E-state index contributed by atoms with van der Waals surface area (Å²) in [7, 11) is 0. The number of ether oxygens (including phenoxy) is 1. The number of nitrogens with zero attached hydrogens (tertiary/aromatic N) is 5. The van der Waals surface area contributed by atoms with Gasteiger partial charge in [0.05, 0.1) is 16.8 Å². The molecule has 0 bridgehead atoms. The number of amides is 2. The Balaban J connectivity index is 0.000000241. The smallest absolute Gasteiger partial charge is 0.261 e. The molecule has 2 heterocycles. The highest BCUT2D eigenvalue weighted by atomic mass is 35.5. The van der Waals surface area contributed by atoms with Gasteiger partial charge in [-0.05, 0) is 71.0 Å². The molecule has 2 amide bonds. The molecule has 40 heavy (non-hydrogen) atoms. The van der Waals surface area contributed by atoms with Crippen LogP contribution in [0.4, 0.5) is 22.0 Å². The molecule has 0 saturated heterocycles. The van der Waals surface area contributed by atoms with Crippen molar-refractivity contribution in [2.45, 2.75) is 65.0 Å². The molecule has 10 nitrogen and oxygen atoms in total. The molecule has 0 fully saturated rings. The number of terminal acetylenes is 1. The Kier molecular flexibility index (Phi) is 9.91. The molecule has 1 aromatic heterocycles. The van der Waals surface area contributed by atoms with Gasteiger partial charge in [0.15, 0.2) is 6.10 Å². The number of aromatic nitrogens is 3. The second-order valence-electron chi connectivity index (χ2n) is 9.41. The maximum absolute atomic E-state index is 14.4. The Morgan fingerprint density at radius 1 is 1.15 bits per heavy atom. The molecule has 1 unspecified atom stereocenters. The second-order valence-corrected chi connectivity index (χ2v) is 10.2. The van der Waals surface area contributed by atoms with Crippen LogP contribution in [0.2, 0.25) is 10.3 Å². The normalized spacial score (nSPS) is 15.4. The molecule has 2 aliphatic rings. The molecule has 13 heteroatoms. The number of carbonyl (C=O) groups excluding carboxylic acids is 2. The number of rotatable bonds is 7. The first-order valence-electron chi connectivity index (χ1n) is 12.5. The van der Waals surface area contributed by atoms with Gasteiger partial charge in [0.25, 0.3) is 11.8 Å². The van der Waals surface area contributed by atoms with Crippen LogP contribution in [-0.2, 0) is 9.59 Å². The van der Waals surface area contributed by atoms with Gasteiger partial charge >= 0.3 is 0 Å². The Morgan fingerprint density at radius 3 is 2.30 bits per heavy atom. The lowest BCUT2D eigenvalue weighted by atomic mass is 9.93. The number of imide groups is 1. The lowest BCUT2D eigenvalue weighted by Gasteiger charge is -2.19. The lowest BCUT2D eigenvalue weighted by molar-refractivity contribution is -0.120. The molecule has 0 radical (unpaired) electrons. The average molecular weight is 588 g/mol. The van der Waals surface area contributed by atoms with E-state index in [2.05, 4.69) is 37.6 Å². The van der Waals surface area contributed by atoms with Crippen molar-refractivity contribution >= 4 is 52.6 Å². The van der Waals surface area contributed by atoms with Gasteiger partial charge in [-0.1, -0.05) is 17.5 Å². The first-order valence-corrected chi connectivity index (χ1v) is 13.2.